The summed E-state index contributed by atoms with van der Waals surface area (Å²) in [6.07, 6.45) is 0. The summed E-state index contributed by atoms with van der Waals surface area (Å²) in [5, 5.41) is 3.40. The standard InChI is InChI=1S/C15H25NO3/c1-5-16-13(11-17-4)12-8-9-14(18-6-2)15(10-12)19-7-3/h8-10,13,16H,5-7,11H2,1-4H3. The van der Waals surface area contributed by atoms with E-state index in [9.17, 15) is 0 Å². The molecule has 0 aliphatic carbocycles. The Labute approximate surface area is 116 Å². The van der Waals surface area contributed by atoms with Crippen LogP contribution in [0.15, 0.2) is 18.2 Å². The maximum atomic E-state index is 5.64. The second kappa shape index (κ2) is 8.77. The maximum absolute atomic E-state index is 5.64. The molecule has 0 aromatic heterocycles. The van der Waals surface area contributed by atoms with Gasteiger partial charge in [0, 0.05) is 7.11 Å². The monoisotopic (exact) mass is 267 g/mol. The van der Waals surface area contributed by atoms with E-state index in [1.165, 1.54) is 0 Å². The van der Waals surface area contributed by atoms with Gasteiger partial charge < -0.3 is 19.5 Å². The summed E-state index contributed by atoms with van der Waals surface area (Å²) in [6, 6.07) is 6.22. The SMILES string of the molecule is CCNC(COC)c1ccc(OCC)c(OCC)c1. The van der Waals surface area contributed by atoms with E-state index in [2.05, 4.69) is 18.3 Å². The number of hydrogen-bond donors (Lipinski definition) is 1. The first-order valence-electron chi connectivity index (χ1n) is 6.88. The average Bonchev–Trinajstić information content (AvgIpc) is 2.41. The van der Waals surface area contributed by atoms with Gasteiger partial charge in [-0.2, -0.15) is 0 Å². The van der Waals surface area contributed by atoms with Gasteiger partial charge in [-0.15, -0.1) is 0 Å². The molecule has 0 aliphatic rings. The fourth-order valence-electron chi connectivity index (χ4n) is 1.97. The van der Waals surface area contributed by atoms with Crippen LogP contribution >= 0.6 is 0 Å². The van der Waals surface area contributed by atoms with E-state index in [1.54, 1.807) is 7.11 Å². The highest BCUT2D eigenvalue weighted by Crippen LogP contribution is 2.30. The minimum atomic E-state index is 0.171. The van der Waals surface area contributed by atoms with E-state index in [-0.39, 0.29) is 6.04 Å². The highest BCUT2D eigenvalue weighted by molar-refractivity contribution is 5.44. The van der Waals surface area contributed by atoms with Crippen LogP contribution < -0.4 is 14.8 Å². The maximum Gasteiger partial charge on any atom is 0.161 e. The van der Waals surface area contributed by atoms with Crippen molar-refractivity contribution in [1.29, 1.82) is 0 Å². The van der Waals surface area contributed by atoms with Gasteiger partial charge in [0.1, 0.15) is 0 Å². The molecule has 0 amide bonds. The van der Waals surface area contributed by atoms with E-state index >= 15 is 0 Å². The molecule has 108 valence electrons. The van der Waals surface area contributed by atoms with E-state index < -0.39 is 0 Å². The fraction of sp³-hybridized carbons (Fsp3) is 0.600. The Balaban J connectivity index is 2.96. The van der Waals surface area contributed by atoms with Gasteiger partial charge in [0.15, 0.2) is 11.5 Å². The smallest absolute Gasteiger partial charge is 0.161 e. The van der Waals surface area contributed by atoms with Crippen molar-refractivity contribution in [3.05, 3.63) is 23.8 Å². The molecule has 0 saturated heterocycles. The van der Waals surface area contributed by atoms with Crippen molar-refractivity contribution in [1.82, 2.24) is 5.32 Å². The zero-order valence-corrected chi connectivity index (χ0v) is 12.4. The summed E-state index contributed by atoms with van der Waals surface area (Å²) in [5.41, 5.74) is 1.15. The molecule has 4 nitrogen and oxygen atoms in total. The number of nitrogens with one attached hydrogen (secondary N) is 1. The Bertz CT molecular complexity index is 362. The summed E-state index contributed by atoms with van der Waals surface area (Å²) in [6.45, 7) is 8.81. The normalized spacial score (nSPS) is 12.2. The highest BCUT2D eigenvalue weighted by atomic mass is 16.5. The lowest BCUT2D eigenvalue weighted by molar-refractivity contribution is 0.167. The van der Waals surface area contributed by atoms with E-state index in [0.717, 1.165) is 23.6 Å². The lowest BCUT2D eigenvalue weighted by Crippen LogP contribution is -2.24. The van der Waals surface area contributed by atoms with Crippen molar-refractivity contribution in [3.8, 4) is 11.5 Å². The van der Waals surface area contributed by atoms with Crippen molar-refractivity contribution in [2.75, 3.05) is 33.5 Å². The van der Waals surface area contributed by atoms with Crippen molar-refractivity contribution >= 4 is 0 Å². The van der Waals surface area contributed by atoms with Gasteiger partial charge >= 0.3 is 0 Å². The van der Waals surface area contributed by atoms with Gasteiger partial charge in [-0.1, -0.05) is 13.0 Å². The molecule has 0 aliphatic heterocycles. The molecule has 19 heavy (non-hydrogen) atoms. The molecule has 1 rings (SSSR count). The van der Waals surface area contributed by atoms with Crippen LogP contribution in [-0.4, -0.2) is 33.5 Å². The van der Waals surface area contributed by atoms with Gasteiger partial charge in [0.05, 0.1) is 25.9 Å². The van der Waals surface area contributed by atoms with E-state index in [4.69, 9.17) is 14.2 Å². The molecule has 1 aromatic carbocycles. The van der Waals surface area contributed by atoms with Crippen LogP contribution in [0.5, 0.6) is 11.5 Å². The second-order valence-electron chi connectivity index (χ2n) is 4.14. The molecular formula is C15H25NO3. The Kier molecular flexibility index (Phi) is 7.30. The van der Waals surface area contributed by atoms with Crippen molar-refractivity contribution in [3.63, 3.8) is 0 Å². The van der Waals surface area contributed by atoms with Gasteiger partial charge in [-0.3, -0.25) is 0 Å². The van der Waals surface area contributed by atoms with Crippen molar-refractivity contribution < 1.29 is 14.2 Å². The summed E-state index contributed by atoms with van der Waals surface area (Å²) < 4.78 is 16.5. The number of hydrogen-bond acceptors (Lipinski definition) is 4. The van der Waals surface area contributed by atoms with Crippen LogP contribution in [0.25, 0.3) is 0 Å². The third kappa shape index (κ3) is 4.73. The fourth-order valence-corrected chi connectivity index (χ4v) is 1.97. The number of benzene rings is 1. The molecule has 1 aromatic rings. The van der Waals surface area contributed by atoms with Crippen LogP contribution in [0, 0.1) is 0 Å². The number of ether oxygens (including phenoxy) is 3. The number of rotatable bonds is 9. The average molecular weight is 267 g/mol. The van der Waals surface area contributed by atoms with E-state index in [1.807, 2.05) is 26.0 Å². The van der Waals surface area contributed by atoms with Crippen LogP contribution in [0.1, 0.15) is 32.4 Å². The van der Waals surface area contributed by atoms with Crippen LogP contribution in [-0.2, 0) is 4.74 Å². The minimum absolute atomic E-state index is 0.171. The molecule has 1 unspecified atom stereocenters. The Morgan fingerprint density at radius 2 is 1.74 bits per heavy atom. The topological polar surface area (TPSA) is 39.7 Å². The molecular weight excluding hydrogens is 242 g/mol. The van der Waals surface area contributed by atoms with Gasteiger partial charge in [0.2, 0.25) is 0 Å². The molecule has 1 atom stereocenters. The number of methoxy groups -OCH3 is 1. The lowest BCUT2D eigenvalue weighted by Gasteiger charge is -2.19. The molecule has 0 bridgehead atoms. The summed E-state index contributed by atoms with van der Waals surface area (Å²) in [7, 11) is 1.71. The van der Waals surface area contributed by atoms with Gasteiger partial charge in [-0.05, 0) is 38.1 Å². The quantitative estimate of drug-likeness (QED) is 0.747. The van der Waals surface area contributed by atoms with Crippen LogP contribution in [0.2, 0.25) is 0 Å². The molecule has 4 heteroatoms. The first kappa shape index (κ1) is 15.8. The van der Waals surface area contributed by atoms with Gasteiger partial charge in [0.25, 0.3) is 0 Å². The first-order chi connectivity index (χ1) is 9.26. The predicted molar refractivity (Wildman–Crippen MR) is 77.1 cm³/mol. The lowest BCUT2D eigenvalue weighted by atomic mass is 10.1. The zero-order valence-electron chi connectivity index (χ0n) is 12.4. The molecule has 0 spiro atoms. The van der Waals surface area contributed by atoms with Gasteiger partial charge in [-0.25, -0.2) is 0 Å². The summed E-state index contributed by atoms with van der Waals surface area (Å²) >= 11 is 0. The van der Waals surface area contributed by atoms with E-state index in [0.29, 0.717) is 19.8 Å². The summed E-state index contributed by atoms with van der Waals surface area (Å²) in [5.74, 6) is 1.58. The molecule has 0 radical (unpaired) electrons. The Morgan fingerprint density at radius 3 is 2.32 bits per heavy atom. The zero-order chi connectivity index (χ0) is 14.1. The third-order valence-corrected chi connectivity index (χ3v) is 2.75. The van der Waals surface area contributed by atoms with Crippen LogP contribution in [0.3, 0.4) is 0 Å². The van der Waals surface area contributed by atoms with Crippen molar-refractivity contribution in [2.24, 2.45) is 0 Å². The molecule has 0 saturated carbocycles. The molecule has 0 heterocycles. The Morgan fingerprint density at radius 1 is 1.05 bits per heavy atom. The highest BCUT2D eigenvalue weighted by Gasteiger charge is 2.13. The van der Waals surface area contributed by atoms with Crippen molar-refractivity contribution in [2.45, 2.75) is 26.8 Å². The first-order valence-corrected chi connectivity index (χ1v) is 6.88. The molecule has 1 N–H and O–H groups in total. The Hall–Kier alpha value is -1.26. The van der Waals surface area contributed by atoms with Crippen LogP contribution in [0.4, 0.5) is 0 Å². The largest absolute Gasteiger partial charge is 0.490 e. The number of likely N-dealkylation sites (N-methyl/N-ethyl adjacent to an activating group) is 1. The minimum Gasteiger partial charge on any atom is -0.490 e. The third-order valence-electron chi connectivity index (χ3n) is 2.75. The summed E-state index contributed by atoms with van der Waals surface area (Å²) in [4.78, 5) is 0. The second-order valence-corrected chi connectivity index (χ2v) is 4.14. The molecule has 0 fully saturated rings. The predicted octanol–water partition coefficient (Wildman–Crippen LogP) is 2.78.